The van der Waals surface area contributed by atoms with E-state index in [1.807, 2.05) is 0 Å². The molecular formula is C27H18O2. The highest BCUT2D eigenvalue weighted by Gasteiger charge is 2.52. The van der Waals surface area contributed by atoms with Crippen molar-refractivity contribution in [3.8, 4) is 11.5 Å². The molecule has 0 atom stereocenters. The van der Waals surface area contributed by atoms with Crippen LogP contribution in [0, 0.1) is 0 Å². The molecule has 0 N–H and O–H groups in total. The third-order valence-corrected chi connectivity index (χ3v) is 6.52. The van der Waals surface area contributed by atoms with Gasteiger partial charge in [0.25, 0.3) is 5.79 Å². The summed E-state index contributed by atoms with van der Waals surface area (Å²) in [5.41, 5.74) is 4.76. The van der Waals surface area contributed by atoms with E-state index in [2.05, 4.69) is 84.9 Å². The Balaban J connectivity index is 1.44. The summed E-state index contributed by atoms with van der Waals surface area (Å²) in [7, 11) is 0. The fraction of sp³-hybridized carbons (Fsp3) is 0.111. The van der Waals surface area contributed by atoms with Gasteiger partial charge >= 0.3 is 0 Å². The lowest BCUT2D eigenvalue weighted by Gasteiger charge is -2.39. The van der Waals surface area contributed by atoms with Crippen LogP contribution in [0.15, 0.2) is 83.9 Å². The van der Waals surface area contributed by atoms with Gasteiger partial charge in [0.05, 0.1) is 0 Å². The van der Waals surface area contributed by atoms with E-state index in [1.165, 1.54) is 32.7 Å². The van der Waals surface area contributed by atoms with Gasteiger partial charge in [0.1, 0.15) is 11.5 Å². The standard InChI is InChI=1S/C27H18O2/c1-3-7-21-17(5-1)9-13-25-23(21)15-19-11-12-20-16-24-22-8-4-2-6-18(22)10-14-26(24)29-27(19,20)28-25/h1-10,13-16H,11-12H2. The van der Waals surface area contributed by atoms with Crippen LogP contribution < -0.4 is 9.47 Å². The highest BCUT2D eigenvalue weighted by molar-refractivity contribution is 5.97. The van der Waals surface area contributed by atoms with Crippen LogP contribution >= 0.6 is 0 Å². The van der Waals surface area contributed by atoms with Crippen molar-refractivity contribution >= 4 is 33.7 Å². The first-order chi connectivity index (χ1) is 14.3. The van der Waals surface area contributed by atoms with Crippen LogP contribution in [-0.2, 0) is 0 Å². The molecule has 0 unspecified atom stereocenters. The largest absolute Gasteiger partial charge is 0.444 e. The third kappa shape index (κ3) is 1.96. The molecule has 0 radical (unpaired) electrons. The maximum atomic E-state index is 6.67. The fourth-order valence-electron chi connectivity index (χ4n) is 5.11. The van der Waals surface area contributed by atoms with E-state index < -0.39 is 5.79 Å². The summed E-state index contributed by atoms with van der Waals surface area (Å²) in [6.07, 6.45) is 6.52. The molecule has 3 aliphatic rings. The maximum Gasteiger partial charge on any atom is 0.297 e. The van der Waals surface area contributed by atoms with E-state index in [-0.39, 0.29) is 0 Å². The predicted molar refractivity (Wildman–Crippen MR) is 117 cm³/mol. The Morgan fingerprint density at radius 3 is 1.55 bits per heavy atom. The lowest BCUT2D eigenvalue weighted by atomic mass is 9.92. The molecule has 0 saturated heterocycles. The van der Waals surface area contributed by atoms with Crippen LogP contribution in [-0.4, -0.2) is 5.79 Å². The van der Waals surface area contributed by atoms with Gasteiger partial charge in [-0.05, 0) is 58.7 Å². The molecule has 0 bridgehead atoms. The van der Waals surface area contributed by atoms with Crippen LogP contribution in [0.2, 0.25) is 0 Å². The lowest BCUT2D eigenvalue weighted by molar-refractivity contribution is -0.0448. The van der Waals surface area contributed by atoms with E-state index in [9.17, 15) is 0 Å². The average Bonchev–Trinajstić information content (AvgIpc) is 3.13. The topological polar surface area (TPSA) is 18.5 Å². The van der Waals surface area contributed by atoms with Crippen LogP contribution in [0.25, 0.3) is 33.7 Å². The van der Waals surface area contributed by atoms with E-state index >= 15 is 0 Å². The van der Waals surface area contributed by atoms with Crippen LogP contribution in [0.3, 0.4) is 0 Å². The van der Waals surface area contributed by atoms with Gasteiger partial charge in [0.15, 0.2) is 0 Å². The van der Waals surface area contributed by atoms with Crippen molar-refractivity contribution in [3.05, 3.63) is 95.1 Å². The van der Waals surface area contributed by atoms with Gasteiger partial charge in [-0.3, -0.25) is 0 Å². The van der Waals surface area contributed by atoms with Crippen molar-refractivity contribution in [2.75, 3.05) is 0 Å². The van der Waals surface area contributed by atoms with Crippen LogP contribution in [0.1, 0.15) is 24.0 Å². The van der Waals surface area contributed by atoms with Gasteiger partial charge in [-0.1, -0.05) is 60.7 Å². The lowest BCUT2D eigenvalue weighted by Crippen LogP contribution is -2.45. The SMILES string of the molecule is C1=C2CCC3=Cc4c(ccc5ccccc45)OC23Oc2ccc3ccccc3c21. The highest BCUT2D eigenvalue weighted by Crippen LogP contribution is 2.54. The molecule has 138 valence electrons. The fourth-order valence-corrected chi connectivity index (χ4v) is 5.11. The number of benzene rings is 4. The number of fused-ring (bicyclic) bond motifs is 6. The zero-order valence-electron chi connectivity index (χ0n) is 15.8. The molecule has 0 aromatic heterocycles. The Labute approximate surface area is 168 Å². The predicted octanol–water partition coefficient (Wildman–Crippen LogP) is 6.73. The van der Waals surface area contributed by atoms with Crippen LogP contribution in [0.5, 0.6) is 11.5 Å². The molecule has 2 heterocycles. The summed E-state index contributed by atoms with van der Waals surface area (Å²) >= 11 is 0. The van der Waals surface area contributed by atoms with Crippen molar-refractivity contribution in [1.82, 2.24) is 0 Å². The summed E-state index contributed by atoms with van der Waals surface area (Å²) in [6.45, 7) is 0. The minimum atomic E-state index is -0.787. The van der Waals surface area contributed by atoms with Crippen molar-refractivity contribution in [2.45, 2.75) is 18.6 Å². The normalized spacial score (nSPS) is 17.9. The van der Waals surface area contributed by atoms with E-state index in [0.717, 1.165) is 35.5 Å². The molecule has 1 saturated carbocycles. The minimum Gasteiger partial charge on any atom is -0.444 e. The van der Waals surface area contributed by atoms with Gasteiger partial charge in [0, 0.05) is 22.3 Å². The first-order valence-electron chi connectivity index (χ1n) is 10.2. The van der Waals surface area contributed by atoms with E-state index in [4.69, 9.17) is 9.47 Å². The van der Waals surface area contributed by atoms with Crippen molar-refractivity contribution < 1.29 is 9.47 Å². The molecule has 4 aromatic carbocycles. The monoisotopic (exact) mass is 374 g/mol. The summed E-state index contributed by atoms with van der Waals surface area (Å²) in [6, 6.07) is 25.4. The van der Waals surface area contributed by atoms with E-state index in [0.29, 0.717) is 0 Å². The minimum absolute atomic E-state index is 0.787. The molecule has 2 nitrogen and oxygen atoms in total. The smallest absolute Gasteiger partial charge is 0.297 e. The quantitative estimate of drug-likeness (QED) is 0.339. The Bertz CT molecular complexity index is 1300. The summed E-state index contributed by atoms with van der Waals surface area (Å²) < 4.78 is 13.3. The van der Waals surface area contributed by atoms with Gasteiger partial charge in [-0.2, -0.15) is 0 Å². The van der Waals surface area contributed by atoms with Crippen molar-refractivity contribution in [2.24, 2.45) is 0 Å². The van der Waals surface area contributed by atoms with Crippen molar-refractivity contribution in [3.63, 3.8) is 0 Å². The van der Waals surface area contributed by atoms with Gasteiger partial charge < -0.3 is 9.47 Å². The number of ether oxygens (including phenoxy) is 2. The molecule has 4 aromatic rings. The Morgan fingerprint density at radius 1 is 0.552 bits per heavy atom. The molecule has 1 aliphatic carbocycles. The second kappa shape index (κ2) is 5.30. The average molecular weight is 374 g/mol. The highest BCUT2D eigenvalue weighted by atomic mass is 16.7. The second-order valence-electron chi connectivity index (χ2n) is 8.06. The van der Waals surface area contributed by atoms with Gasteiger partial charge in [-0.25, -0.2) is 0 Å². The van der Waals surface area contributed by atoms with Crippen molar-refractivity contribution in [1.29, 1.82) is 0 Å². The summed E-state index contributed by atoms with van der Waals surface area (Å²) in [5.74, 6) is 0.999. The number of rotatable bonds is 0. The third-order valence-electron chi connectivity index (χ3n) is 6.52. The number of hydrogen-bond acceptors (Lipinski definition) is 2. The molecule has 1 fully saturated rings. The Morgan fingerprint density at radius 2 is 1.03 bits per heavy atom. The Kier molecular flexibility index (Phi) is 2.81. The molecule has 0 amide bonds. The first-order valence-corrected chi connectivity index (χ1v) is 10.2. The molecule has 1 spiro atoms. The molecular weight excluding hydrogens is 356 g/mol. The van der Waals surface area contributed by atoms with E-state index in [1.54, 1.807) is 0 Å². The molecule has 29 heavy (non-hydrogen) atoms. The molecule has 7 rings (SSSR count). The maximum absolute atomic E-state index is 6.67. The Hall–Kier alpha value is -3.52. The number of hydrogen-bond donors (Lipinski definition) is 0. The first kappa shape index (κ1) is 15.4. The van der Waals surface area contributed by atoms with Gasteiger partial charge in [0.2, 0.25) is 0 Å². The summed E-state index contributed by atoms with van der Waals surface area (Å²) in [5, 5.41) is 4.93. The van der Waals surface area contributed by atoms with Gasteiger partial charge in [-0.15, -0.1) is 0 Å². The summed E-state index contributed by atoms with van der Waals surface area (Å²) in [4.78, 5) is 0. The zero-order valence-corrected chi connectivity index (χ0v) is 15.8. The second-order valence-corrected chi connectivity index (χ2v) is 8.06. The molecule has 2 heteroatoms. The zero-order chi connectivity index (χ0) is 19.0. The van der Waals surface area contributed by atoms with Crippen LogP contribution in [0.4, 0.5) is 0 Å². The molecule has 2 aliphatic heterocycles.